The maximum Gasteiger partial charge on any atom is 0.248 e. The summed E-state index contributed by atoms with van der Waals surface area (Å²) in [5.74, 6) is -7.32. The lowest BCUT2D eigenvalue weighted by Gasteiger charge is -2.53. The normalized spacial score (nSPS) is 28.6. The first-order valence-corrected chi connectivity index (χ1v) is 15.9. The molecule has 1 aliphatic carbocycles. The number of rotatable bonds is 7. The van der Waals surface area contributed by atoms with Gasteiger partial charge in [-0.1, -0.05) is 43.3 Å². The van der Waals surface area contributed by atoms with Gasteiger partial charge in [0.25, 0.3) is 0 Å². The molecule has 5 rings (SSSR count). The number of aromatic nitrogens is 3. The van der Waals surface area contributed by atoms with Crippen LogP contribution in [0.5, 0.6) is 0 Å². The second kappa shape index (κ2) is 12.1. The molecule has 0 spiro atoms. The minimum atomic E-state index is -2.91. The Hall–Kier alpha value is -2.58. The van der Waals surface area contributed by atoms with Gasteiger partial charge in [-0.05, 0) is 42.0 Å². The minimum absolute atomic E-state index is 0.0250. The molecule has 1 unspecified atom stereocenters. The monoisotopic (exact) mass is 629 g/mol. The van der Waals surface area contributed by atoms with Gasteiger partial charge in [-0.2, -0.15) is 0 Å². The van der Waals surface area contributed by atoms with Crippen molar-refractivity contribution < 1.29 is 42.4 Å². The van der Waals surface area contributed by atoms with E-state index < -0.39 is 88.1 Å². The van der Waals surface area contributed by atoms with Crippen molar-refractivity contribution in [2.24, 2.45) is 0 Å². The van der Waals surface area contributed by atoms with Crippen molar-refractivity contribution in [1.29, 1.82) is 0 Å². The molecular weight excluding hydrogens is 593 g/mol. The van der Waals surface area contributed by atoms with Gasteiger partial charge in [0.1, 0.15) is 11.7 Å². The molecule has 0 amide bonds. The van der Waals surface area contributed by atoms with Gasteiger partial charge in [0, 0.05) is 34.7 Å². The van der Waals surface area contributed by atoms with Crippen LogP contribution < -0.4 is 0 Å². The highest BCUT2D eigenvalue weighted by atomic mass is 32.2. The van der Waals surface area contributed by atoms with Gasteiger partial charge in [0.15, 0.2) is 17.5 Å². The molecule has 1 aliphatic heterocycles. The molecule has 6 atom stereocenters. The van der Waals surface area contributed by atoms with Crippen LogP contribution >= 0.6 is 10.9 Å². The van der Waals surface area contributed by atoms with E-state index in [1.165, 1.54) is 6.20 Å². The Balaban J connectivity index is 1.52. The maximum atomic E-state index is 14.3. The highest BCUT2D eigenvalue weighted by molar-refractivity contribution is 8.18. The van der Waals surface area contributed by atoms with Crippen molar-refractivity contribution in [3.8, 4) is 11.3 Å². The Morgan fingerprint density at radius 2 is 1.60 bits per heavy atom. The van der Waals surface area contributed by atoms with E-state index >= 15 is 0 Å². The molecular formula is C30H36F5N3O4S. The molecule has 2 heterocycles. The van der Waals surface area contributed by atoms with Crippen LogP contribution in [0.4, 0.5) is 22.0 Å². The van der Waals surface area contributed by atoms with Crippen molar-refractivity contribution in [3.05, 3.63) is 71.2 Å². The molecule has 13 heteroatoms. The number of nitrogens with zero attached hydrogens (tertiary/aromatic N) is 3. The third kappa shape index (κ3) is 6.06. The predicted octanol–water partition coefficient (Wildman–Crippen LogP) is 4.81. The summed E-state index contributed by atoms with van der Waals surface area (Å²) in [4.78, 5) is 0. The van der Waals surface area contributed by atoms with Crippen molar-refractivity contribution in [3.63, 3.8) is 0 Å². The highest BCUT2D eigenvalue weighted by Gasteiger charge is 2.54. The van der Waals surface area contributed by atoms with Gasteiger partial charge in [-0.15, -0.1) is 5.10 Å². The molecule has 4 N–H and O–H groups in total. The number of hydrogen-bond acceptors (Lipinski definition) is 6. The van der Waals surface area contributed by atoms with Crippen LogP contribution in [0.3, 0.4) is 0 Å². The Bertz CT molecular complexity index is 1420. The van der Waals surface area contributed by atoms with E-state index in [1.807, 2.05) is 32.0 Å². The van der Waals surface area contributed by atoms with Gasteiger partial charge >= 0.3 is 0 Å². The van der Waals surface area contributed by atoms with E-state index in [0.717, 1.165) is 27.9 Å². The van der Waals surface area contributed by atoms with E-state index in [0.29, 0.717) is 0 Å². The molecule has 1 saturated heterocycles. The van der Waals surface area contributed by atoms with Crippen LogP contribution in [0.15, 0.2) is 42.6 Å². The van der Waals surface area contributed by atoms with Gasteiger partial charge in [0.2, 0.25) is 5.92 Å². The molecule has 1 saturated carbocycles. The smallest absolute Gasteiger partial charge is 0.248 e. The standard InChI is InChI=1S/C30H36F5N3O4S/c1-16(2)18-5-3-4-6-19(18)28(29(42)7-9-30(34,35)10-8-29)43-15-23(40)26(27(41)24(43)14-39)38-13-22(36-37-38)17-11-20(31)25(33)21(32)12-17/h3-6,11-13,16,23-24,26-28,39-43H,7-10,14-15H2,1-2H3/t23-,24+,26-,27-,28-/m0/s1. The third-order valence-electron chi connectivity index (χ3n) is 8.85. The SMILES string of the molecule is CC(C)c1ccccc1[C@H]([SH]1C[C@H](O)[C@H](n2cc(-c3cc(F)c(F)c(F)c3)nn2)[C@@H](O)[C@H]1CO)C1(O)CCC(F)(F)CC1. The largest absolute Gasteiger partial charge is 0.395 e. The predicted molar refractivity (Wildman–Crippen MR) is 153 cm³/mol. The van der Waals surface area contributed by atoms with E-state index in [9.17, 15) is 42.4 Å². The zero-order chi connectivity index (χ0) is 31.3. The molecule has 7 nitrogen and oxygen atoms in total. The number of alkyl halides is 2. The quantitative estimate of drug-likeness (QED) is 0.146. The zero-order valence-electron chi connectivity index (χ0n) is 23.7. The Morgan fingerprint density at radius 1 is 1.00 bits per heavy atom. The number of aliphatic hydroxyl groups is 4. The topological polar surface area (TPSA) is 112 Å². The fraction of sp³-hybridized carbons (Fsp3) is 0.533. The number of thiol groups is 1. The Morgan fingerprint density at radius 3 is 2.19 bits per heavy atom. The molecule has 236 valence electrons. The van der Waals surface area contributed by atoms with Crippen LogP contribution in [-0.2, 0) is 0 Å². The second-order valence-electron chi connectivity index (χ2n) is 12.0. The lowest BCUT2D eigenvalue weighted by Crippen LogP contribution is -2.53. The number of aliphatic hydroxyl groups excluding tert-OH is 3. The summed E-state index contributed by atoms with van der Waals surface area (Å²) in [6.07, 6.45) is -2.77. The lowest BCUT2D eigenvalue weighted by molar-refractivity contribution is -0.105. The van der Waals surface area contributed by atoms with Crippen LogP contribution in [0, 0.1) is 17.5 Å². The molecule has 0 bridgehead atoms. The number of benzene rings is 2. The van der Waals surface area contributed by atoms with Crippen LogP contribution in [0.2, 0.25) is 0 Å². The molecule has 2 aliphatic rings. The van der Waals surface area contributed by atoms with Gasteiger partial charge < -0.3 is 20.4 Å². The average molecular weight is 630 g/mol. The molecule has 2 aromatic carbocycles. The number of hydrogen-bond donors (Lipinski definition) is 5. The zero-order valence-corrected chi connectivity index (χ0v) is 24.6. The Labute approximate surface area is 248 Å². The van der Waals surface area contributed by atoms with Crippen molar-refractivity contribution >= 4 is 10.9 Å². The van der Waals surface area contributed by atoms with Crippen LogP contribution in [0.1, 0.15) is 67.9 Å². The fourth-order valence-electron chi connectivity index (χ4n) is 6.60. The summed E-state index contributed by atoms with van der Waals surface area (Å²) in [5, 5.41) is 52.0. The summed E-state index contributed by atoms with van der Waals surface area (Å²) in [6.45, 7) is 3.44. The fourth-order valence-corrected chi connectivity index (χ4v) is 10.4. The van der Waals surface area contributed by atoms with Crippen molar-refractivity contribution in [1.82, 2.24) is 15.0 Å². The van der Waals surface area contributed by atoms with Crippen molar-refractivity contribution in [2.45, 2.75) is 85.7 Å². The first-order valence-electron chi connectivity index (χ1n) is 14.2. The first-order chi connectivity index (χ1) is 20.3. The summed E-state index contributed by atoms with van der Waals surface area (Å²) in [6, 6.07) is 7.79. The summed E-state index contributed by atoms with van der Waals surface area (Å²) in [7, 11) is -1.61. The highest BCUT2D eigenvalue weighted by Crippen LogP contribution is 2.61. The lowest BCUT2D eigenvalue weighted by atomic mass is 9.77. The van der Waals surface area contributed by atoms with E-state index in [4.69, 9.17) is 0 Å². The maximum absolute atomic E-state index is 14.3. The average Bonchev–Trinajstić information content (AvgIpc) is 3.43. The molecule has 3 aromatic rings. The summed E-state index contributed by atoms with van der Waals surface area (Å²) in [5.41, 5.74) is -0.0500. The van der Waals surface area contributed by atoms with Gasteiger partial charge in [0.05, 0.1) is 30.6 Å². The molecule has 43 heavy (non-hydrogen) atoms. The van der Waals surface area contributed by atoms with Gasteiger partial charge in [-0.3, -0.25) is 0 Å². The minimum Gasteiger partial charge on any atom is -0.395 e. The van der Waals surface area contributed by atoms with Crippen LogP contribution in [-0.4, -0.2) is 76.8 Å². The molecule has 0 radical (unpaired) electrons. The van der Waals surface area contributed by atoms with Gasteiger partial charge in [-0.25, -0.2) is 37.5 Å². The molecule has 2 fully saturated rings. The second-order valence-corrected chi connectivity index (χ2v) is 14.6. The van der Waals surface area contributed by atoms with E-state index in [2.05, 4.69) is 10.3 Å². The van der Waals surface area contributed by atoms with E-state index in [1.54, 1.807) is 6.07 Å². The summed E-state index contributed by atoms with van der Waals surface area (Å²) < 4.78 is 70.8. The third-order valence-corrected chi connectivity index (χ3v) is 12.4. The van der Waals surface area contributed by atoms with E-state index in [-0.39, 0.29) is 35.8 Å². The number of halogens is 5. The Kier molecular flexibility index (Phi) is 8.94. The van der Waals surface area contributed by atoms with Crippen molar-refractivity contribution in [2.75, 3.05) is 12.4 Å². The van der Waals surface area contributed by atoms with Crippen LogP contribution in [0.25, 0.3) is 11.3 Å². The first kappa shape index (κ1) is 31.8. The molecule has 1 aromatic heterocycles. The summed E-state index contributed by atoms with van der Waals surface area (Å²) >= 11 is 0.